The van der Waals surface area contributed by atoms with E-state index in [1.54, 1.807) is 0 Å². The van der Waals surface area contributed by atoms with E-state index in [0.29, 0.717) is 6.42 Å². The third-order valence-electron chi connectivity index (χ3n) is 2.71. The Morgan fingerprint density at radius 2 is 2.05 bits per heavy atom. The Kier molecular flexibility index (Phi) is 7.27. The van der Waals surface area contributed by atoms with E-state index in [2.05, 4.69) is 0 Å². The molecule has 0 aromatic heterocycles. The summed E-state index contributed by atoms with van der Waals surface area (Å²) in [7, 11) is -2.48. The number of ether oxygens (including phenoxy) is 1. The van der Waals surface area contributed by atoms with Gasteiger partial charge in [-0.1, -0.05) is 17.9 Å². The highest BCUT2D eigenvalue weighted by Gasteiger charge is 2.50. The Hall–Kier alpha value is -0.180. The topological polar surface area (TPSA) is 126 Å². The van der Waals surface area contributed by atoms with Gasteiger partial charge in [-0.2, -0.15) is 0 Å². The summed E-state index contributed by atoms with van der Waals surface area (Å²) in [5.74, 6) is 0. The van der Waals surface area contributed by atoms with Gasteiger partial charge in [-0.3, -0.25) is 0 Å². The van der Waals surface area contributed by atoms with Gasteiger partial charge >= 0.3 is 8.25 Å². The van der Waals surface area contributed by atoms with E-state index in [0.717, 1.165) is 6.42 Å². The van der Waals surface area contributed by atoms with Crippen molar-refractivity contribution in [2.45, 2.75) is 50.5 Å². The van der Waals surface area contributed by atoms with E-state index < -0.39 is 45.6 Å². The maximum Gasteiger partial charge on any atom is 0.700 e. The monoisotopic (exact) mass is 299 g/mol. The van der Waals surface area contributed by atoms with Crippen LogP contribution in [0.1, 0.15) is 19.8 Å². The summed E-state index contributed by atoms with van der Waals surface area (Å²) >= 11 is 0. The first-order chi connectivity index (χ1) is 9.01. The van der Waals surface area contributed by atoms with Crippen LogP contribution in [-0.2, 0) is 18.3 Å². The van der Waals surface area contributed by atoms with Crippen molar-refractivity contribution in [3.63, 3.8) is 0 Å². The van der Waals surface area contributed by atoms with Crippen molar-refractivity contribution in [1.29, 1.82) is 0 Å². The predicted octanol–water partition coefficient (Wildman–Crippen LogP) is -0.723. The van der Waals surface area contributed by atoms with Gasteiger partial charge in [0.15, 0.2) is 0 Å². The highest BCUT2D eigenvalue weighted by Crippen LogP contribution is 2.33. The molecule has 0 spiro atoms. The average Bonchev–Trinajstić information content (AvgIpc) is 2.66. The zero-order valence-electron chi connectivity index (χ0n) is 10.6. The van der Waals surface area contributed by atoms with Crippen LogP contribution in [0.5, 0.6) is 0 Å². The van der Waals surface area contributed by atoms with Gasteiger partial charge in [0, 0.05) is 4.57 Å². The minimum Gasteiger partial charge on any atom is -0.394 e. The standard InChI is InChI=1S/C10H20O8P/c1-2-3-4-16-19(15)18-10-8(14)7(13)9(17-10)6(12)5-11/h6-14H,2-5H2,1H3/q+1/t6-,7-,8-,9-,10?/m1/s1. The van der Waals surface area contributed by atoms with Crippen molar-refractivity contribution in [1.82, 2.24) is 0 Å². The number of hydrogen-bond donors (Lipinski definition) is 4. The molecule has 9 heteroatoms. The number of aliphatic hydroxyl groups excluding tert-OH is 4. The van der Waals surface area contributed by atoms with Gasteiger partial charge < -0.3 is 25.2 Å². The molecule has 6 atom stereocenters. The molecule has 1 aliphatic rings. The molecule has 1 rings (SSSR count). The molecular weight excluding hydrogens is 279 g/mol. The lowest BCUT2D eigenvalue weighted by Crippen LogP contribution is -2.40. The van der Waals surface area contributed by atoms with Crippen LogP contribution in [0.25, 0.3) is 0 Å². The van der Waals surface area contributed by atoms with Gasteiger partial charge in [-0.25, -0.2) is 0 Å². The van der Waals surface area contributed by atoms with Gasteiger partial charge in [0.05, 0.1) is 6.61 Å². The second kappa shape index (κ2) is 8.18. The van der Waals surface area contributed by atoms with Crippen LogP contribution in [0.4, 0.5) is 0 Å². The Morgan fingerprint density at radius 3 is 2.63 bits per heavy atom. The second-order valence-corrected chi connectivity index (χ2v) is 5.13. The zero-order valence-corrected chi connectivity index (χ0v) is 11.5. The molecule has 0 amide bonds. The molecule has 112 valence electrons. The normalized spacial score (nSPS) is 33.4. The minimum atomic E-state index is -2.48. The molecule has 0 aliphatic carbocycles. The minimum absolute atomic E-state index is 0.250. The highest BCUT2D eigenvalue weighted by atomic mass is 31.1. The lowest BCUT2D eigenvalue weighted by Gasteiger charge is -2.18. The predicted molar refractivity (Wildman–Crippen MR) is 63.3 cm³/mol. The quantitative estimate of drug-likeness (QED) is 0.342. The number of unbranched alkanes of at least 4 members (excludes halogenated alkanes) is 1. The first-order valence-electron chi connectivity index (χ1n) is 6.08. The number of aliphatic hydroxyl groups is 4. The van der Waals surface area contributed by atoms with Crippen molar-refractivity contribution in [2.24, 2.45) is 0 Å². The molecule has 1 saturated heterocycles. The maximum absolute atomic E-state index is 11.4. The number of hydrogen-bond acceptors (Lipinski definition) is 8. The molecule has 1 fully saturated rings. The van der Waals surface area contributed by atoms with Crippen molar-refractivity contribution in [2.75, 3.05) is 13.2 Å². The molecule has 8 nitrogen and oxygen atoms in total. The smallest absolute Gasteiger partial charge is 0.394 e. The Bertz CT molecular complexity index is 289. The Morgan fingerprint density at radius 1 is 1.37 bits per heavy atom. The first kappa shape index (κ1) is 16.9. The van der Waals surface area contributed by atoms with Crippen molar-refractivity contribution in [3.8, 4) is 0 Å². The van der Waals surface area contributed by atoms with Crippen LogP contribution in [0.3, 0.4) is 0 Å². The van der Waals surface area contributed by atoms with Crippen molar-refractivity contribution >= 4 is 8.25 Å². The van der Waals surface area contributed by atoms with E-state index in [4.69, 9.17) is 18.9 Å². The molecule has 2 unspecified atom stereocenters. The number of rotatable bonds is 8. The van der Waals surface area contributed by atoms with E-state index >= 15 is 0 Å². The fourth-order valence-corrected chi connectivity index (χ4v) is 2.26. The molecule has 0 saturated carbocycles. The van der Waals surface area contributed by atoms with Gasteiger partial charge in [0.25, 0.3) is 0 Å². The fourth-order valence-electron chi connectivity index (χ4n) is 1.58. The van der Waals surface area contributed by atoms with Crippen molar-refractivity contribution in [3.05, 3.63) is 0 Å². The molecule has 0 aromatic carbocycles. The molecule has 1 aliphatic heterocycles. The zero-order chi connectivity index (χ0) is 14.4. The van der Waals surface area contributed by atoms with Crippen LogP contribution >= 0.6 is 8.25 Å². The summed E-state index contributed by atoms with van der Waals surface area (Å²) in [5.41, 5.74) is 0. The van der Waals surface area contributed by atoms with Crippen molar-refractivity contribution < 1.29 is 38.8 Å². The SMILES string of the molecule is CCCCO[P+](=O)OC1O[C@H]([C@H](O)CO)[C@H](O)[C@H]1O. The second-order valence-electron chi connectivity index (χ2n) is 4.22. The Balaban J connectivity index is 2.44. The van der Waals surface area contributed by atoms with Gasteiger partial charge in [-0.15, -0.1) is 4.52 Å². The summed E-state index contributed by atoms with van der Waals surface area (Å²) in [4.78, 5) is 0. The molecule has 19 heavy (non-hydrogen) atoms. The lowest BCUT2D eigenvalue weighted by molar-refractivity contribution is -0.138. The molecule has 0 radical (unpaired) electrons. The van der Waals surface area contributed by atoms with E-state index in [9.17, 15) is 19.9 Å². The average molecular weight is 299 g/mol. The summed E-state index contributed by atoms with van der Waals surface area (Å²) in [5, 5.41) is 37.3. The molecular formula is C10H20O8P+. The highest BCUT2D eigenvalue weighted by molar-refractivity contribution is 7.33. The first-order valence-corrected chi connectivity index (χ1v) is 7.18. The summed E-state index contributed by atoms with van der Waals surface area (Å²) < 4.78 is 26.1. The van der Waals surface area contributed by atoms with Crippen LogP contribution in [-0.4, -0.2) is 64.3 Å². The third kappa shape index (κ3) is 4.70. The van der Waals surface area contributed by atoms with E-state index in [1.165, 1.54) is 0 Å². The molecule has 4 N–H and O–H groups in total. The molecule has 1 heterocycles. The van der Waals surface area contributed by atoms with Crippen LogP contribution in [0.15, 0.2) is 0 Å². The summed E-state index contributed by atoms with van der Waals surface area (Å²) in [6, 6.07) is 0. The molecule has 0 aromatic rings. The van der Waals surface area contributed by atoms with E-state index in [1.807, 2.05) is 6.92 Å². The van der Waals surface area contributed by atoms with E-state index in [-0.39, 0.29) is 6.61 Å². The van der Waals surface area contributed by atoms with Gasteiger partial charge in [0.2, 0.25) is 6.29 Å². The fraction of sp³-hybridized carbons (Fsp3) is 1.00. The van der Waals surface area contributed by atoms with Crippen LogP contribution in [0, 0.1) is 0 Å². The van der Waals surface area contributed by atoms with Crippen LogP contribution in [0.2, 0.25) is 0 Å². The molecule has 0 bridgehead atoms. The van der Waals surface area contributed by atoms with Gasteiger partial charge in [-0.05, 0) is 6.42 Å². The maximum atomic E-state index is 11.4. The largest absolute Gasteiger partial charge is 0.700 e. The Labute approximate surface area is 111 Å². The summed E-state index contributed by atoms with van der Waals surface area (Å²) in [6.45, 7) is 1.55. The summed E-state index contributed by atoms with van der Waals surface area (Å²) in [6.07, 6.45) is -5.26. The lowest BCUT2D eigenvalue weighted by atomic mass is 10.1. The van der Waals surface area contributed by atoms with Crippen LogP contribution < -0.4 is 0 Å². The van der Waals surface area contributed by atoms with Gasteiger partial charge in [0.1, 0.15) is 31.0 Å². The third-order valence-corrected chi connectivity index (χ3v) is 3.48.